The van der Waals surface area contributed by atoms with Gasteiger partial charge in [0.15, 0.2) is 0 Å². The van der Waals surface area contributed by atoms with Gasteiger partial charge in [0.05, 0.1) is 0 Å². The molecule has 3 amide bonds. The molecule has 0 fully saturated rings. The molecule has 0 aliphatic rings. The number of rotatable bonds is 8. The van der Waals surface area contributed by atoms with Gasteiger partial charge in [-0.15, -0.1) is 0 Å². The van der Waals surface area contributed by atoms with Crippen molar-refractivity contribution >= 4 is 23.6 Å². The average Bonchev–Trinajstić information content (AvgIpc) is 2.77. The number of benzene rings is 2. The maximum Gasteiger partial charge on any atom is 0.408 e. The number of carbonyl (C=O) groups is 3. The van der Waals surface area contributed by atoms with E-state index in [4.69, 9.17) is 4.74 Å². The summed E-state index contributed by atoms with van der Waals surface area (Å²) in [7, 11) is 0. The molecule has 2 aromatic carbocycles. The Hall–Kier alpha value is -3.35. The molecular weight excluding hydrogens is 490 g/mol. The van der Waals surface area contributed by atoms with E-state index < -0.39 is 29.3 Å². The Morgan fingerprint density at radius 2 is 1.49 bits per heavy atom. The Morgan fingerprint density at radius 1 is 0.872 bits per heavy atom. The Balaban J connectivity index is 2.64. The monoisotopic (exact) mass is 537 g/mol. The number of anilines is 1. The van der Waals surface area contributed by atoms with Crippen LogP contribution in [-0.2, 0) is 14.3 Å². The van der Waals surface area contributed by atoms with Gasteiger partial charge in [-0.2, -0.15) is 0 Å². The van der Waals surface area contributed by atoms with E-state index in [-0.39, 0.29) is 17.7 Å². The largest absolute Gasteiger partial charge is 0.444 e. The predicted molar refractivity (Wildman–Crippen MR) is 158 cm³/mol. The summed E-state index contributed by atoms with van der Waals surface area (Å²) in [6.45, 7) is 20.9. The summed E-state index contributed by atoms with van der Waals surface area (Å²) in [6, 6.07) is 11.6. The summed E-state index contributed by atoms with van der Waals surface area (Å²) in [5.41, 5.74) is 2.95. The average molecular weight is 538 g/mol. The van der Waals surface area contributed by atoms with E-state index in [1.54, 1.807) is 25.7 Å². The number of hydrogen-bond donors (Lipinski definition) is 2. The molecule has 7 nitrogen and oxygen atoms in total. The van der Waals surface area contributed by atoms with E-state index >= 15 is 0 Å². The van der Waals surface area contributed by atoms with Gasteiger partial charge in [-0.25, -0.2) is 4.79 Å². The molecule has 0 saturated heterocycles. The molecule has 2 rings (SSSR count). The van der Waals surface area contributed by atoms with Crippen molar-refractivity contribution in [2.45, 2.75) is 106 Å². The Morgan fingerprint density at radius 3 is 2.00 bits per heavy atom. The van der Waals surface area contributed by atoms with Crippen LogP contribution in [0.4, 0.5) is 10.5 Å². The third-order valence-corrected chi connectivity index (χ3v) is 6.41. The second-order valence-electron chi connectivity index (χ2n) is 12.8. The number of ether oxygens (including phenoxy) is 1. The van der Waals surface area contributed by atoms with E-state index in [1.807, 2.05) is 97.9 Å². The first kappa shape index (κ1) is 31.9. The lowest BCUT2D eigenvalue weighted by Gasteiger charge is -2.43. The molecule has 0 aliphatic heterocycles. The highest BCUT2D eigenvalue weighted by atomic mass is 16.6. The van der Waals surface area contributed by atoms with Crippen molar-refractivity contribution in [3.05, 3.63) is 64.7 Å². The molecule has 214 valence electrons. The number of carbonyl (C=O) groups excluding carboxylic acids is 3. The van der Waals surface area contributed by atoms with E-state index in [0.717, 1.165) is 16.7 Å². The van der Waals surface area contributed by atoms with Crippen LogP contribution in [-0.4, -0.2) is 40.0 Å². The molecule has 2 aromatic rings. The van der Waals surface area contributed by atoms with Gasteiger partial charge in [0.2, 0.25) is 5.91 Å². The van der Waals surface area contributed by atoms with Gasteiger partial charge in [0.1, 0.15) is 17.7 Å². The zero-order valence-corrected chi connectivity index (χ0v) is 25.6. The number of hydrogen-bond acceptors (Lipinski definition) is 4. The summed E-state index contributed by atoms with van der Waals surface area (Å²) < 4.78 is 5.48. The highest BCUT2D eigenvalue weighted by Gasteiger charge is 2.42. The van der Waals surface area contributed by atoms with Crippen LogP contribution >= 0.6 is 0 Å². The van der Waals surface area contributed by atoms with Crippen LogP contribution in [0.5, 0.6) is 0 Å². The Labute approximate surface area is 234 Å². The van der Waals surface area contributed by atoms with Crippen molar-refractivity contribution in [1.29, 1.82) is 0 Å². The lowest BCUT2D eigenvalue weighted by molar-refractivity contribution is -0.147. The van der Waals surface area contributed by atoms with E-state index in [1.165, 1.54) is 0 Å². The molecule has 0 heterocycles. The van der Waals surface area contributed by atoms with Crippen LogP contribution in [0.15, 0.2) is 42.5 Å². The topological polar surface area (TPSA) is 87.7 Å². The Bertz CT molecular complexity index is 1170. The number of para-hydroxylation sites is 1. The highest BCUT2D eigenvalue weighted by Crippen LogP contribution is 2.33. The van der Waals surface area contributed by atoms with Crippen LogP contribution < -0.4 is 10.6 Å². The molecule has 0 aliphatic carbocycles. The SMILES string of the molecule is Cc1ccc(C(C(=O)Nc2ccccc2C)N(C(=O)C(CC(C)C)NC(=O)OC(C)(C)C)C(C)(C)C)cc1C. The van der Waals surface area contributed by atoms with Crippen LogP contribution in [0.2, 0.25) is 0 Å². The molecule has 0 bridgehead atoms. The van der Waals surface area contributed by atoms with Crippen molar-refractivity contribution in [1.82, 2.24) is 10.2 Å². The van der Waals surface area contributed by atoms with E-state index in [0.29, 0.717) is 17.7 Å². The Kier molecular flexibility index (Phi) is 10.4. The van der Waals surface area contributed by atoms with Crippen molar-refractivity contribution in [3.63, 3.8) is 0 Å². The molecule has 7 heteroatoms. The number of aryl methyl sites for hydroxylation is 3. The van der Waals surface area contributed by atoms with Gasteiger partial charge in [-0.1, -0.05) is 50.2 Å². The molecule has 2 atom stereocenters. The van der Waals surface area contributed by atoms with Gasteiger partial charge in [0, 0.05) is 11.2 Å². The molecule has 0 saturated carbocycles. The van der Waals surface area contributed by atoms with Gasteiger partial charge >= 0.3 is 6.09 Å². The fourth-order valence-corrected chi connectivity index (χ4v) is 4.42. The summed E-state index contributed by atoms with van der Waals surface area (Å²) in [4.78, 5) is 42.9. The zero-order valence-electron chi connectivity index (χ0n) is 25.6. The summed E-state index contributed by atoms with van der Waals surface area (Å²) in [5.74, 6) is -0.557. The van der Waals surface area contributed by atoms with Gasteiger partial charge < -0.3 is 20.3 Å². The number of nitrogens with one attached hydrogen (secondary N) is 2. The second kappa shape index (κ2) is 12.7. The van der Waals surface area contributed by atoms with Crippen LogP contribution in [0, 0.1) is 26.7 Å². The molecule has 0 radical (unpaired) electrons. The fraction of sp³-hybridized carbons (Fsp3) is 0.531. The van der Waals surface area contributed by atoms with Gasteiger partial charge in [-0.3, -0.25) is 9.59 Å². The first-order valence-electron chi connectivity index (χ1n) is 13.7. The van der Waals surface area contributed by atoms with Gasteiger partial charge in [-0.05, 0) is 103 Å². The number of amides is 3. The normalized spacial score (nSPS) is 13.4. The second-order valence-corrected chi connectivity index (χ2v) is 12.8. The molecule has 0 spiro atoms. The van der Waals surface area contributed by atoms with Crippen LogP contribution in [0.25, 0.3) is 0 Å². The zero-order chi connectivity index (χ0) is 29.7. The smallest absolute Gasteiger partial charge is 0.408 e. The maximum atomic E-state index is 14.4. The lowest BCUT2D eigenvalue weighted by Crippen LogP contribution is -2.58. The van der Waals surface area contributed by atoms with Crippen LogP contribution in [0.1, 0.15) is 90.1 Å². The van der Waals surface area contributed by atoms with E-state index in [9.17, 15) is 14.4 Å². The van der Waals surface area contributed by atoms with E-state index in [2.05, 4.69) is 10.6 Å². The minimum absolute atomic E-state index is 0.108. The summed E-state index contributed by atoms with van der Waals surface area (Å²) >= 11 is 0. The van der Waals surface area contributed by atoms with Crippen molar-refractivity contribution < 1.29 is 19.1 Å². The first-order valence-corrected chi connectivity index (χ1v) is 13.7. The fourth-order valence-electron chi connectivity index (χ4n) is 4.42. The molecular formula is C32H47N3O4. The van der Waals surface area contributed by atoms with Crippen molar-refractivity contribution in [2.75, 3.05) is 5.32 Å². The van der Waals surface area contributed by atoms with Crippen LogP contribution in [0.3, 0.4) is 0 Å². The summed E-state index contributed by atoms with van der Waals surface area (Å²) in [6.07, 6.45) is -0.272. The van der Waals surface area contributed by atoms with Crippen molar-refractivity contribution in [3.8, 4) is 0 Å². The summed E-state index contributed by atoms with van der Waals surface area (Å²) in [5, 5.41) is 5.85. The standard InChI is InChI=1S/C32H47N3O4/c1-20(2)18-26(34-30(38)39-32(9,10)11)29(37)35(31(6,7)8)27(24-17-16-21(3)23(5)19-24)28(36)33-25-15-13-12-14-22(25)4/h12-17,19-20,26-27H,18H2,1-11H3,(H,33,36)(H,34,38). The minimum Gasteiger partial charge on any atom is -0.444 e. The predicted octanol–water partition coefficient (Wildman–Crippen LogP) is 6.86. The minimum atomic E-state index is -0.938. The lowest BCUT2D eigenvalue weighted by atomic mass is 9.92. The third-order valence-electron chi connectivity index (χ3n) is 6.41. The molecule has 2 unspecified atom stereocenters. The van der Waals surface area contributed by atoms with Crippen molar-refractivity contribution in [2.24, 2.45) is 5.92 Å². The molecule has 0 aromatic heterocycles. The molecule has 39 heavy (non-hydrogen) atoms. The first-order chi connectivity index (χ1) is 17.9. The van der Waals surface area contributed by atoms with Gasteiger partial charge in [0.25, 0.3) is 5.91 Å². The molecule has 2 N–H and O–H groups in total. The maximum absolute atomic E-state index is 14.4. The number of alkyl carbamates (subject to hydrolysis) is 1. The quantitative estimate of drug-likeness (QED) is 0.385. The number of nitrogens with zero attached hydrogens (tertiary/aromatic N) is 1. The highest BCUT2D eigenvalue weighted by molar-refractivity contribution is 5.99. The third kappa shape index (κ3) is 9.12.